The molecular formula is C26H38NO8P. The van der Waals surface area contributed by atoms with Gasteiger partial charge in [0.2, 0.25) is 0 Å². The molecule has 0 spiro atoms. The number of methoxy groups -OCH3 is 4. The number of rotatable bonds is 15. The molecule has 0 amide bonds. The van der Waals surface area contributed by atoms with E-state index in [0.29, 0.717) is 19.4 Å². The van der Waals surface area contributed by atoms with Gasteiger partial charge in [0.15, 0.2) is 6.29 Å². The Morgan fingerprint density at radius 1 is 0.750 bits per heavy atom. The van der Waals surface area contributed by atoms with Crippen LogP contribution in [0.15, 0.2) is 60.7 Å². The van der Waals surface area contributed by atoms with Crippen LogP contribution in [-0.4, -0.2) is 65.7 Å². The number of benzene rings is 2. The van der Waals surface area contributed by atoms with Crippen LogP contribution in [0, 0.1) is 0 Å². The minimum Gasteiger partial charge on any atom is -0.376 e. The van der Waals surface area contributed by atoms with Gasteiger partial charge in [0.1, 0.15) is 18.3 Å². The van der Waals surface area contributed by atoms with Crippen molar-refractivity contribution in [3.05, 3.63) is 71.8 Å². The predicted molar refractivity (Wildman–Crippen MR) is 135 cm³/mol. The second-order valence-electron chi connectivity index (χ2n) is 8.45. The Morgan fingerprint density at radius 3 is 1.75 bits per heavy atom. The summed E-state index contributed by atoms with van der Waals surface area (Å²) in [5.41, 5.74) is 1.82. The van der Waals surface area contributed by atoms with Crippen molar-refractivity contribution in [2.75, 3.05) is 35.0 Å². The van der Waals surface area contributed by atoms with Crippen LogP contribution < -0.4 is 5.09 Å². The molecule has 1 aliphatic heterocycles. The van der Waals surface area contributed by atoms with Crippen molar-refractivity contribution in [3.8, 4) is 0 Å². The maximum Gasteiger partial charge on any atom is 0.406 e. The van der Waals surface area contributed by atoms with Crippen molar-refractivity contribution in [1.29, 1.82) is 0 Å². The number of ether oxygens (including phenoxy) is 5. The molecule has 0 saturated carbocycles. The molecule has 0 unspecified atom stereocenters. The highest BCUT2D eigenvalue weighted by Crippen LogP contribution is 2.45. The van der Waals surface area contributed by atoms with Gasteiger partial charge in [-0.1, -0.05) is 60.7 Å². The van der Waals surface area contributed by atoms with Crippen molar-refractivity contribution in [1.82, 2.24) is 5.09 Å². The highest BCUT2D eigenvalue weighted by molar-refractivity contribution is 7.51. The lowest BCUT2D eigenvalue weighted by Crippen LogP contribution is -2.60. The molecule has 0 aliphatic carbocycles. The molecule has 0 bridgehead atoms. The smallest absolute Gasteiger partial charge is 0.376 e. The Bertz CT molecular complexity index is 871. The summed E-state index contributed by atoms with van der Waals surface area (Å²) in [5.74, 6) is 0. The van der Waals surface area contributed by atoms with E-state index in [2.05, 4.69) is 5.09 Å². The van der Waals surface area contributed by atoms with Crippen LogP contribution in [-0.2, 0) is 50.5 Å². The molecule has 1 N–H and O–H groups in total. The van der Waals surface area contributed by atoms with Gasteiger partial charge in [-0.3, -0.25) is 9.05 Å². The van der Waals surface area contributed by atoms with E-state index in [9.17, 15) is 4.57 Å². The first kappa shape index (κ1) is 28.9. The standard InChI is InChI=1S/C26H38NO8P/c1-29-23-22(35-26(32-4)25(31-3)24(23)30-2)16-11-17-27-36(28,33-18-20-12-7-5-8-13-20)34-19-21-14-9-6-10-15-21/h5-10,12-15,22-26H,11,16-19H2,1-4H3,(H,27,28)/t22-,23-,24+,25-,26-/m1/s1. The summed E-state index contributed by atoms with van der Waals surface area (Å²) >= 11 is 0. The quantitative estimate of drug-likeness (QED) is 0.271. The van der Waals surface area contributed by atoms with E-state index in [0.717, 1.165) is 11.1 Å². The van der Waals surface area contributed by atoms with Crippen molar-refractivity contribution in [2.24, 2.45) is 0 Å². The number of nitrogens with one attached hydrogen (secondary N) is 1. The Kier molecular flexibility index (Phi) is 12.0. The molecule has 3 rings (SSSR count). The molecule has 1 aliphatic rings. The van der Waals surface area contributed by atoms with E-state index in [1.54, 1.807) is 28.4 Å². The fourth-order valence-electron chi connectivity index (χ4n) is 4.22. The lowest BCUT2D eigenvalue weighted by atomic mass is 9.95. The summed E-state index contributed by atoms with van der Waals surface area (Å²) in [6, 6.07) is 19.1. The van der Waals surface area contributed by atoms with Gasteiger partial charge < -0.3 is 23.7 Å². The average molecular weight is 524 g/mol. The van der Waals surface area contributed by atoms with E-state index in [4.69, 9.17) is 32.7 Å². The zero-order chi connectivity index (χ0) is 25.8. The van der Waals surface area contributed by atoms with Crippen LogP contribution in [0.1, 0.15) is 24.0 Å². The summed E-state index contributed by atoms with van der Waals surface area (Å²) in [6.45, 7) is 0.724. The van der Waals surface area contributed by atoms with Gasteiger partial charge in [-0.25, -0.2) is 9.65 Å². The SMILES string of the molecule is CO[C@@H]1O[C@H](CCCNP(=O)(OCc2ccccc2)OCc2ccccc2)[C@@H](OC)[C@H](OC)[C@H]1OC. The molecule has 1 saturated heterocycles. The van der Waals surface area contributed by atoms with Gasteiger partial charge in [-0.15, -0.1) is 0 Å². The summed E-state index contributed by atoms with van der Waals surface area (Å²) in [4.78, 5) is 0. The third-order valence-electron chi connectivity index (χ3n) is 6.10. The molecule has 1 heterocycles. The Balaban J connectivity index is 1.58. The lowest BCUT2D eigenvalue weighted by Gasteiger charge is -2.44. The Morgan fingerprint density at radius 2 is 1.28 bits per heavy atom. The maximum atomic E-state index is 13.5. The minimum absolute atomic E-state index is 0.167. The first-order valence-electron chi connectivity index (χ1n) is 12.0. The summed E-state index contributed by atoms with van der Waals surface area (Å²) in [6.07, 6.45) is -0.765. The molecule has 200 valence electrons. The fourth-order valence-corrected chi connectivity index (χ4v) is 5.54. The van der Waals surface area contributed by atoms with E-state index in [-0.39, 0.29) is 31.5 Å². The van der Waals surface area contributed by atoms with Crippen molar-refractivity contribution < 1.29 is 37.3 Å². The monoisotopic (exact) mass is 523 g/mol. The second kappa shape index (κ2) is 14.9. The van der Waals surface area contributed by atoms with E-state index >= 15 is 0 Å². The zero-order valence-electron chi connectivity index (χ0n) is 21.4. The van der Waals surface area contributed by atoms with Crippen molar-refractivity contribution in [2.45, 2.75) is 56.8 Å². The van der Waals surface area contributed by atoms with Crippen LogP contribution >= 0.6 is 7.75 Å². The fraction of sp³-hybridized carbons (Fsp3) is 0.538. The van der Waals surface area contributed by atoms with Crippen LogP contribution in [0.25, 0.3) is 0 Å². The normalized spacial score (nSPS) is 24.6. The molecule has 2 aromatic rings. The van der Waals surface area contributed by atoms with E-state index < -0.39 is 20.1 Å². The van der Waals surface area contributed by atoms with Crippen LogP contribution in [0.5, 0.6) is 0 Å². The third-order valence-corrected chi connectivity index (χ3v) is 7.65. The highest BCUT2D eigenvalue weighted by atomic mass is 31.2. The molecule has 0 radical (unpaired) electrons. The van der Waals surface area contributed by atoms with Gasteiger partial charge >= 0.3 is 7.75 Å². The van der Waals surface area contributed by atoms with Gasteiger partial charge in [0.05, 0.1) is 19.3 Å². The lowest BCUT2D eigenvalue weighted by molar-refractivity contribution is -0.303. The molecule has 10 heteroatoms. The van der Waals surface area contributed by atoms with Crippen molar-refractivity contribution >= 4 is 7.75 Å². The van der Waals surface area contributed by atoms with Crippen molar-refractivity contribution in [3.63, 3.8) is 0 Å². The summed E-state index contributed by atoms with van der Waals surface area (Å²) in [5, 5.41) is 3.01. The van der Waals surface area contributed by atoms with Gasteiger partial charge in [0, 0.05) is 35.0 Å². The number of hydrogen-bond acceptors (Lipinski definition) is 8. The maximum absolute atomic E-state index is 13.5. The topological polar surface area (TPSA) is 93.7 Å². The molecule has 9 nitrogen and oxygen atoms in total. The van der Waals surface area contributed by atoms with Gasteiger partial charge in [-0.05, 0) is 24.0 Å². The predicted octanol–water partition coefficient (Wildman–Crippen LogP) is 4.31. The highest BCUT2D eigenvalue weighted by Gasteiger charge is 2.47. The van der Waals surface area contributed by atoms with Crippen LogP contribution in [0.3, 0.4) is 0 Å². The molecule has 2 aromatic carbocycles. The van der Waals surface area contributed by atoms with E-state index in [1.807, 2.05) is 60.7 Å². The molecule has 36 heavy (non-hydrogen) atoms. The minimum atomic E-state index is -3.58. The Hall–Kier alpha value is -1.65. The van der Waals surface area contributed by atoms with Gasteiger partial charge in [0.25, 0.3) is 0 Å². The molecule has 1 fully saturated rings. The molecule has 0 aromatic heterocycles. The largest absolute Gasteiger partial charge is 0.406 e. The van der Waals surface area contributed by atoms with Gasteiger partial charge in [-0.2, -0.15) is 0 Å². The Labute approximate surface area is 213 Å². The second-order valence-corrected chi connectivity index (χ2v) is 10.3. The third kappa shape index (κ3) is 8.18. The first-order valence-corrected chi connectivity index (χ1v) is 13.6. The summed E-state index contributed by atoms with van der Waals surface area (Å²) < 4.78 is 53.6. The van der Waals surface area contributed by atoms with Crippen LogP contribution in [0.2, 0.25) is 0 Å². The molecule has 5 atom stereocenters. The number of hydrogen-bond donors (Lipinski definition) is 1. The van der Waals surface area contributed by atoms with E-state index in [1.165, 1.54) is 0 Å². The van der Waals surface area contributed by atoms with Crippen LogP contribution in [0.4, 0.5) is 0 Å². The average Bonchev–Trinajstić information content (AvgIpc) is 2.93. The zero-order valence-corrected chi connectivity index (χ0v) is 22.3. The molecular weight excluding hydrogens is 485 g/mol. The summed E-state index contributed by atoms with van der Waals surface area (Å²) in [7, 11) is 2.81. The first-order chi connectivity index (χ1) is 17.5.